The zero-order valence-corrected chi connectivity index (χ0v) is 19.6. The van der Waals surface area contributed by atoms with Crippen molar-refractivity contribution < 1.29 is 13.2 Å². The molecule has 8 nitrogen and oxygen atoms in total. The summed E-state index contributed by atoms with van der Waals surface area (Å²) in [7, 11) is -2.15. The number of nitrogens with zero attached hydrogens (tertiary/aromatic N) is 1. The molecule has 0 saturated heterocycles. The first-order valence-electron chi connectivity index (χ1n) is 9.98. The Morgan fingerprint density at radius 1 is 0.970 bits per heavy atom. The quantitative estimate of drug-likeness (QED) is 0.348. The smallest absolute Gasteiger partial charge is 0.323 e. The highest BCUT2D eigenvalue weighted by molar-refractivity contribution is 7.98. The van der Waals surface area contributed by atoms with Gasteiger partial charge in [-0.1, -0.05) is 12.1 Å². The number of hydrogen-bond donors (Lipinski definition) is 3. The molecule has 0 fully saturated rings. The molecule has 1 heterocycles. The Hall–Kier alpha value is -3.50. The zero-order valence-electron chi connectivity index (χ0n) is 18.0. The SMILES string of the molecule is CSc1ccc(CN(C)C(=O)c2ccc(NS(=O)(=O)c3ccc4[nH]c(=O)[nH]c4c3)cc2)cc1. The molecule has 0 bridgehead atoms. The van der Waals surface area contributed by atoms with Crippen molar-refractivity contribution in [3.63, 3.8) is 0 Å². The number of aromatic nitrogens is 2. The molecule has 0 aliphatic carbocycles. The van der Waals surface area contributed by atoms with Crippen LogP contribution in [-0.4, -0.2) is 42.5 Å². The summed E-state index contributed by atoms with van der Waals surface area (Å²) in [6.45, 7) is 0.464. The lowest BCUT2D eigenvalue weighted by Crippen LogP contribution is -2.26. The third-order valence-corrected chi connectivity index (χ3v) is 7.23. The topological polar surface area (TPSA) is 115 Å². The maximum Gasteiger partial charge on any atom is 0.323 e. The van der Waals surface area contributed by atoms with Crippen LogP contribution in [0.15, 0.2) is 81.3 Å². The van der Waals surface area contributed by atoms with E-state index >= 15 is 0 Å². The van der Waals surface area contributed by atoms with E-state index < -0.39 is 15.7 Å². The summed E-state index contributed by atoms with van der Waals surface area (Å²) in [6.07, 6.45) is 2.01. The normalized spacial score (nSPS) is 11.5. The highest BCUT2D eigenvalue weighted by Crippen LogP contribution is 2.20. The fourth-order valence-electron chi connectivity index (χ4n) is 3.37. The van der Waals surface area contributed by atoms with Gasteiger partial charge in [0.2, 0.25) is 0 Å². The maximum atomic E-state index is 12.8. The highest BCUT2D eigenvalue weighted by atomic mass is 32.2. The van der Waals surface area contributed by atoms with Crippen LogP contribution in [0, 0.1) is 0 Å². The summed E-state index contributed by atoms with van der Waals surface area (Å²) in [5, 5.41) is 0. The Bertz CT molecular complexity index is 1460. The summed E-state index contributed by atoms with van der Waals surface area (Å²) >= 11 is 1.66. The molecule has 0 aliphatic heterocycles. The number of anilines is 1. The van der Waals surface area contributed by atoms with Crippen LogP contribution in [0.2, 0.25) is 0 Å². The number of imidazole rings is 1. The summed E-state index contributed by atoms with van der Waals surface area (Å²) in [6, 6.07) is 18.6. The van der Waals surface area contributed by atoms with Gasteiger partial charge in [-0.25, -0.2) is 13.2 Å². The zero-order chi connectivity index (χ0) is 23.6. The lowest BCUT2D eigenvalue weighted by molar-refractivity contribution is 0.0785. The number of benzene rings is 3. The number of nitrogens with one attached hydrogen (secondary N) is 3. The standard InChI is InChI=1S/C23H22N4O4S2/c1-27(14-15-3-9-18(32-2)10-4-15)22(28)16-5-7-17(8-6-16)26-33(30,31)19-11-12-20-21(13-19)25-23(29)24-20/h3-13,26H,14H2,1-2H3,(H2,24,25,29). The number of aromatic amines is 2. The first kappa shape index (κ1) is 22.7. The number of carbonyl (C=O) groups is 1. The summed E-state index contributed by atoms with van der Waals surface area (Å²) in [4.78, 5) is 32.1. The van der Waals surface area contributed by atoms with Gasteiger partial charge in [0, 0.05) is 29.7 Å². The van der Waals surface area contributed by atoms with Gasteiger partial charge in [-0.3, -0.25) is 9.52 Å². The maximum absolute atomic E-state index is 12.8. The van der Waals surface area contributed by atoms with Gasteiger partial charge in [0.25, 0.3) is 15.9 Å². The average molecular weight is 483 g/mol. The van der Waals surface area contributed by atoms with Crippen molar-refractivity contribution in [2.75, 3.05) is 18.0 Å². The molecule has 170 valence electrons. The third-order valence-electron chi connectivity index (χ3n) is 5.11. The van der Waals surface area contributed by atoms with Gasteiger partial charge < -0.3 is 14.9 Å². The average Bonchev–Trinajstić information content (AvgIpc) is 3.18. The number of fused-ring (bicyclic) bond motifs is 1. The second-order valence-corrected chi connectivity index (χ2v) is 10.0. The van der Waals surface area contributed by atoms with E-state index in [0.29, 0.717) is 28.8 Å². The fourth-order valence-corrected chi connectivity index (χ4v) is 4.86. The number of H-pyrrole nitrogens is 2. The van der Waals surface area contributed by atoms with Gasteiger partial charge in [0.05, 0.1) is 15.9 Å². The van der Waals surface area contributed by atoms with Crippen LogP contribution in [0.3, 0.4) is 0 Å². The largest absolute Gasteiger partial charge is 0.337 e. The van der Waals surface area contributed by atoms with Gasteiger partial charge in [-0.2, -0.15) is 0 Å². The van der Waals surface area contributed by atoms with Crippen molar-refractivity contribution in [1.29, 1.82) is 0 Å². The first-order chi connectivity index (χ1) is 15.7. The van der Waals surface area contributed by atoms with Crippen molar-refractivity contribution in [1.82, 2.24) is 14.9 Å². The van der Waals surface area contributed by atoms with Crippen LogP contribution in [-0.2, 0) is 16.6 Å². The number of rotatable bonds is 7. The Kier molecular flexibility index (Phi) is 6.30. The van der Waals surface area contributed by atoms with Crippen molar-refractivity contribution in [2.45, 2.75) is 16.3 Å². The Morgan fingerprint density at radius 3 is 2.30 bits per heavy atom. The molecule has 3 aromatic carbocycles. The molecule has 0 radical (unpaired) electrons. The summed E-state index contributed by atoms with van der Waals surface area (Å²) in [5.41, 5.74) is 2.31. The van der Waals surface area contributed by atoms with Gasteiger partial charge in [0.1, 0.15) is 0 Å². The number of amides is 1. The van der Waals surface area contributed by atoms with Crippen molar-refractivity contribution in [3.05, 3.63) is 88.3 Å². The predicted molar refractivity (Wildman–Crippen MR) is 130 cm³/mol. The van der Waals surface area contributed by atoms with E-state index in [0.717, 1.165) is 10.5 Å². The first-order valence-corrected chi connectivity index (χ1v) is 12.7. The van der Waals surface area contributed by atoms with Crippen LogP contribution in [0.25, 0.3) is 11.0 Å². The third kappa shape index (κ3) is 5.12. The minimum Gasteiger partial charge on any atom is -0.337 e. The number of carbonyl (C=O) groups excluding carboxylic acids is 1. The van der Waals surface area contributed by atoms with Crippen molar-refractivity contribution >= 4 is 44.4 Å². The van der Waals surface area contributed by atoms with Gasteiger partial charge in [-0.15, -0.1) is 11.8 Å². The van der Waals surface area contributed by atoms with E-state index in [1.54, 1.807) is 48.0 Å². The van der Waals surface area contributed by atoms with E-state index in [1.165, 1.54) is 18.2 Å². The second kappa shape index (κ2) is 9.16. The Morgan fingerprint density at radius 2 is 1.64 bits per heavy atom. The van der Waals surface area contributed by atoms with Crippen LogP contribution in [0.1, 0.15) is 15.9 Å². The molecule has 10 heteroatoms. The van der Waals surface area contributed by atoms with E-state index in [4.69, 9.17) is 0 Å². The Labute approximate surface area is 195 Å². The molecule has 0 atom stereocenters. The Balaban J connectivity index is 1.45. The second-order valence-electron chi connectivity index (χ2n) is 7.48. The minimum absolute atomic E-state index is 0.0117. The monoisotopic (exact) mass is 482 g/mol. The molecule has 0 unspecified atom stereocenters. The van der Waals surface area contributed by atoms with Crippen molar-refractivity contribution in [3.8, 4) is 0 Å². The lowest BCUT2D eigenvalue weighted by atomic mass is 10.1. The molecule has 3 N–H and O–H groups in total. The van der Waals surface area contributed by atoms with E-state index in [9.17, 15) is 18.0 Å². The highest BCUT2D eigenvalue weighted by Gasteiger charge is 2.17. The molecule has 0 spiro atoms. The molecule has 4 rings (SSSR count). The van der Waals surface area contributed by atoms with Crippen LogP contribution < -0.4 is 10.4 Å². The van der Waals surface area contributed by atoms with Crippen LogP contribution >= 0.6 is 11.8 Å². The van der Waals surface area contributed by atoms with Gasteiger partial charge in [0.15, 0.2) is 0 Å². The summed E-state index contributed by atoms with van der Waals surface area (Å²) in [5.74, 6) is -0.166. The number of thioether (sulfide) groups is 1. The van der Waals surface area contributed by atoms with E-state index in [-0.39, 0.29) is 10.8 Å². The van der Waals surface area contributed by atoms with Crippen molar-refractivity contribution in [2.24, 2.45) is 0 Å². The fraction of sp³-hybridized carbons (Fsp3) is 0.130. The molecule has 0 saturated carbocycles. The predicted octanol–water partition coefficient (Wildman–Crippen LogP) is 3.65. The molecular formula is C23H22N4O4S2. The molecule has 1 amide bonds. The van der Waals surface area contributed by atoms with Crippen LogP contribution in [0.4, 0.5) is 5.69 Å². The summed E-state index contributed by atoms with van der Waals surface area (Å²) < 4.78 is 28.0. The molecule has 4 aromatic rings. The van der Waals surface area contributed by atoms with E-state index in [2.05, 4.69) is 14.7 Å². The van der Waals surface area contributed by atoms with Crippen LogP contribution in [0.5, 0.6) is 0 Å². The van der Waals surface area contributed by atoms with E-state index in [1.807, 2.05) is 30.5 Å². The molecule has 0 aliphatic rings. The van der Waals surface area contributed by atoms with Gasteiger partial charge in [-0.05, 0) is 66.4 Å². The lowest BCUT2D eigenvalue weighted by Gasteiger charge is -2.18. The van der Waals surface area contributed by atoms with Gasteiger partial charge >= 0.3 is 5.69 Å². The minimum atomic E-state index is -3.87. The molecule has 33 heavy (non-hydrogen) atoms. The molecular weight excluding hydrogens is 460 g/mol. The number of hydrogen-bond acceptors (Lipinski definition) is 5. The molecule has 1 aromatic heterocycles. The number of sulfonamides is 1.